The number of rotatable bonds is 5. The largest absolute Gasteiger partial charge is 0.497 e. The van der Waals surface area contributed by atoms with Crippen LogP contribution in [0.2, 0.25) is 0 Å². The number of nitrogens with one attached hydrogen (secondary N) is 2. The first-order valence-electron chi connectivity index (χ1n) is 8.68. The Balaban J connectivity index is 1.55. The lowest BCUT2D eigenvalue weighted by Crippen LogP contribution is -2.14. The molecule has 0 unspecified atom stereocenters. The van der Waals surface area contributed by atoms with Crippen LogP contribution >= 0.6 is 0 Å². The maximum absolute atomic E-state index is 12.5. The maximum atomic E-state index is 12.5. The number of fused-ring (bicyclic) bond motifs is 1. The molecule has 5 heteroatoms. The summed E-state index contributed by atoms with van der Waals surface area (Å²) in [6.45, 7) is 0. The monoisotopic (exact) mass is 357 g/mol. The third-order valence-electron chi connectivity index (χ3n) is 4.45. The van der Waals surface area contributed by atoms with Gasteiger partial charge in [-0.3, -0.25) is 4.79 Å². The number of aromatic amines is 1. The number of hydrogen-bond donors (Lipinski definition) is 2. The molecule has 0 spiro atoms. The van der Waals surface area contributed by atoms with Crippen LogP contribution in [0.1, 0.15) is 5.56 Å². The molecule has 0 bridgehead atoms. The maximum Gasteiger partial charge on any atom is 0.228 e. The second-order valence-corrected chi connectivity index (χ2v) is 6.25. The van der Waals surface area contributed by atoms with E-state index < -0.39 is 0 Å². The lowest BCUT2D eigenvalue weighted by molar-refractivity contribution is -0.115. The van der Waals surface area contributed by atoms with Crippen molar-refractivity contribution < 1.29 is 9.53 Å². The molecule has 2 aromatic heterocycles. The van der Waals surface area contributed by atoms with E-state index in [4.69, 9.17) is 4.74 Å². The molecule has 0 radical (unpaired) electrons. The van der Waals surface area contributed by atoms with Crippen LogP contribution in [0.3, 0.4) is 0 Å². The zero-order valence-electron chi connectivity index (χ0n) is 14.9. The molecule has 134 valence electrons. The number of pyridine rings is 1. The average Bonchev–Trinajstić information content (AvgIpc) is 3.11. The SMILES string of the molecule is COc1ccc(NC(=O)Cc2c[nH]c3ncc(-c4ccccc4)cc23)cc1. The number of methoxy groups -OCH3 is 1. The summed E-state index contributed by atoms with van der Waals surface area (Å²) in [5, 5.41) is 3.87. The van der Waals surface area contributed by atoms with Crippen LogP contribution in [0.15, 0.2) is 73.1 Å². The summed E-state index contributed by atoms with van der Waals surface area (Å²) in [6, 6.07) is 19.4. The van der Waals surface area contributed by atoms with Gasteiger partial charge in [-0.1, -0.05) is 30.3 Å². The summed E-state index contributed by atoms with van der Waals surface area (Å²) in [6.07, 6.45) is 3.96. The highest BCUT2D eigenvalue weighted by molar-refractivity contribution is 5.95. The number of ether oxygens (including phenoxy) is 1. The molecule has 0 aliphatic rings. The molecule has 2 heterocycles. The fraction of sp³-hybridized carbons (Fsp3) is 0.0909. The normalized spacial score (nSPS) is 10.7. The van der Waals surface area contributed by atoms with Crippen molar-refractivity contribution in [2.24, 2.45) is 0 Å². The second kappa shape index (κ2) is 7.33. The minimum atomic E-state index is -0.0776. The first-order valence-corrected chi connectivity index (χ1v) is 8.68. The van der Waals surface area contributed by atoms with Gasteiger partial charge in [0.1, 0.15) is 11.4 Å². The van der Waals surface area contributed by atoms with Crippen LogP contribution in [-0.4, -0.2) is 23.0 Å². The zero-order valence-corrected chi connectivity index (χ0v) is 14.9. The van der Waals surface area contributed by atoms with Crippen molar-refractivity contribution >= 4 is 22.6 Å². The molecule has 2 aromatic carbocycles. The highest BCUT2D eigenvalue weighted by atomic mass is 16.5. The van der Waals surface area contributed by atoms with E-state index in [1.165, 1.54) is 0 Å². The van der Waals surface area contributed by atoms with Gasteiger partial charge in [0.25, 0.3) is 0 Å². The highest BCUT2D eigenvalue weighted by Crippen LogP contribution is 2.25. The van der Waals surface area contributed by atoms with Gasteiger partial charge in [-0.2, -0.15) is 0 Å². The third kappa shape index (κ3) is 3.67. The molecule has 0 fully saturated rings. The van der Waals surface area contributed by atoms with Crippen LogP contribution in [-0.2, 0) is 11.2 Å². The van der Waals surface area contributed by atoms with Gasteiger partial charge in [0.15, 0.2) is 0 Å². The van der Waals surface area contributed by atoms with Gasteiger partial charge in [-0.25, -0.2) is 4.98 Å². The molecule has 0 aliphatic carbocycles. The Morgan fingerprint density at radius 2 is 1.85 bits per heavy atom. The third-order valence-corrected chi connectivity index (χ3v) is 4.45. The molecule has 2 N–H and O–H groups in total. The van der Waals surface area contributed by atoms with Crippen molar-refractivity contribution in [1.29, 1.82) is 0 Å². The Labute approximate surface area is 157 Å². The molecule has 0 saturated heterocycles. The number of anilines is 1. The van der Waals surface area contributed by atoms with Gasteiger partial charge in [0.05, 0.1) is 13.5 Å². The zero-order chi connectivity index (χ0) is 18.6. The summed E-state index contributed by atoms with van der Waals surface area (Å²) < 4.78 is 5.13. The Morgan fingerprint density at radius 1 is 1.07 bits per heavy atom. The Kier molecular flexibility index (Phi) is 4.58. The molecule has 4 rings (SSSR count). The van der Waals surface area contributed by atoms with E-state index in [1.54, 1.807) is 7.11 Å². The predicted molar refractivity (Wildman–Crippen MR) is 107 cm³/mol. The molecule has 0 atom stereocenters. The fourth-order valence-electron chi connectivity index (χ4n) is 3.05. The Morgan fingerprint density at radius 3 is 2.59 bits per heavy atom. The van der Waals surface area contributed by atoms with Gasteiger partial charge in [-0.05, 0) is 41.5 Å². The first kappa shape index (κ1) is 16.8. The molecule has 4 aromatic rings. The van der Waals surface area contributed by atoms with E-state index >= 15 is 0 Å². The van der Waals surface area contributed by atoms with Gasteiger partial charge in [0, 0.05) is 29.0 Å². The van der Waals surface area contributed by atoms with Crippen molar-refractivity contribution in [3.8, 4) is 16.9 Å². The Hall–Kier alpha value is -3.60. The molecule has 5 nitrogen and oxygen atoms in total. The van der Waals surface area contributed by atoms with Gasteiger partial charge >= 0.3 is 0 Å². The standard InChI is InChI=1S/C22H19N3O2/c1-27-19-9-7-18(8-10-19)25-21(26)12-17-14-24-22-20(17)11-16(13-23-22)15-5-3-2-4-6-15/h2-11,13-14H,12H2,1H3,(H,23,24)(H,25,26). The number of hydrogen-bond acceptors (Lipinski definition) is 3. The lowest BCUT2D eigenvalue weighted by Gasteiger charge is -2.06. The van der Waals surface area contributed by atoms with Crippen LogP contribution in [0, 0.1) is 0 Å². The van der Waals surface area contributed by atoms with E-state index in [0.717, 1.165) is 39.2 Å². The minimum absolute atomic E-state index is 0.0776. The number of amides is 1. The molecule has 0 saturated carbocycles. The summed E-state index contributed by atoms with van der Waals surface area (Å²) >= 11 is 0. The van der Waals surface area contributed by atoms with E-state index in [1.807, 2.05) is 67.0 Å². The average molecular weight is 357 g/mol. The van der Waals surface area contributed by atoms with Crippen molar-refractivity contribution in [1.82, 2.24) is 9.97 Å². The van der Waals surface area contributed by atoms with Gasteiger partial charge in [-0.15, -0.1) is 0 Å². The smallest absolute Gasteiger partial charge is 0.228 e. The van der Waals surface area contributed by atoms with Crippen LogP contribution in [0.5, 0.6) is 5.75 Å². The predicted octanol–water partition coefficient (Wildman–Crippen LogP) is 4.42. The first-order chi connectivity index (χ1) is 13.2. The summed E-state index contributed by atoms with van der Waals surface area (Å²) in [5.74, 6) is 0.676. The molecular weight excluding hydrogens is 338 g/mol. The van der Waals surface area contributed by atoms with Crippen molar-refractivity contribution in [3.63, 3.8) is 0 Å². The molecule has 27 heavy (non-hydrogen) atoms. The summed E-state index contributed by atoms with van der Waals surface area (Å²) in [5.41, 5.74) is 4.56. The number of nitrogens with zero attached hydrogens (tertiary/aromatic N) is 1. The number of carbonyl (C=O) groups excluding carboxylic acids is 1. The van der Waals surface area contributed by atoms with Crippen molar-refractivity contribution in [2.75, 3.05) is 12.4 Å². The number of aromatic nitrogens is 2. The van der Waals surface area contributed by atoms with Gasteiger partial charge < -0.3 is 15.0 Å². The Bertz CT molecular complexity index is 1070. The highest BCUT2D eigenvalue weighted by Gasteiger charge is 2.11. The van der Waals surface area contributed by atoms with Crippen molar-refractivity contribution in [2.45, 2.75) is 6.42 Å². The summed E-state index contributed by atoms with van der Waals surface area (Å²) in [4.78, 5) is 20.1. The number of benzene rings is 2. The number of H-pyrrole nitrogens is 1. The van der Waals surface area contributed by atoms with Crippen LogP contribution in [0.25, 0.3) is 22.2 Å². The van der Waals surface area contributed by atoms with E-state index in [0.29, 0.717) is 0 Å². The molecule has 0 aliphatic heterocycles. The van der Waals surface area contributed by atoms with E-state index in [9.17, 15) is 4.79 Å². The fourth-order valence-corrected chi connectivity index (χ4v) is 3.05. The minimum Gasteiger partial charge on any atom is -0.497 e. The molecule has 1 amide bonds. The van der Waals surface area contributed by atoms with Crippen LogP contribution < -0.4 is 10.1 Å². The van der Waals surface area contributed by atoms with Gasteiger partial charge in [0.2, 0.25) is 5.91 Å². The van der Waals surface area contributed by atoms with Crippen molar-refractivity contribution in [3.05, 3.63) is 78.6 Å². The summed E-state index contributed by atoms with van der Waals surface area (Å²) in [7, 11) is 1.61. The molecular formula is C22H19N3O2. The van der Waals surface area contributed by atoms with E-state index in [2.05, 4.69) is 21.4 Å². The topological polar surface area (TPSA) is 67.0 Å². The van der Waals surface area contributed by atoms with Crippen LogP contribution in [0.4, 0.5) is 5.69 Å². The number of carbonyl (C=O) groups is 1. The lowest BCUT2D eigenvalue weighted by atomic mass is 10.0. The quantitative estimate of drug-likeness (QED) is 0.556. The van der Waals surface area contributed by atoms with E-state index in [-0.39, 0.29) is 12.3 Å². The second-order valence-electron chi connectivity index (χ2n) is 6.25.